The summed E-state index contributed by atoms with van der Waals surface area (Å²) in [5.74, 6) is 0. The molecule has 16 heavy (non-hydrogen) atoms. The molecule has 0 heterocycles. The first-order chi connectivity index (χ1) is 7.00. The van der Waals surface area contributed by atoms with Crippen LogP contribution in [0, 0.1) is 3.57 Å². The Morgan fingerprint density at radius 1 is 1.31 bits per heavy atom. The summed E-state index contributed by atoms with van der Waals surface area (Å²) in [7, 11) is 8.26. The summed E-state index contributed by atoms with van der Waals surface area (Å²) in [6.07, 6.45) is 0. The monoisotopic (exact) mass is 462 g/mol. The van der Waals surface area contributed by atoms with Crippen LogP contribution in [0.5, 0.6) is 0 Å². The zero-order valence-corrected chi connectivity index (χ0v) is 15.0. The molecular formula is C11H16I2N2S. The molecule has 0 amide bonds. The highest BCUT2D eigenvalue weighted by atomic mass is 127. The molecule has 0 atom stereocenters. The van der Waals surface area contributed by atoms with E-state index in [2.05, 4.69) is 84.5 Å². The van der Waals surface area contributed by atoms with Crippen molar-refractivity contribution in [1.82, 2.24) is 4.90 Å². The van der Waals surface area contributed by atoms with Crippen molar-refractivity contribution in [3.05, 3.63) is 27.8 Å². The molecule has 0 unspecified atom stereocenters. The molecule has 0 N–H and O–H groups in total. The summed E-state index contributed by atoms with van der Waals surface area (Å²) in [5, 5.41) is 1.23. The van der Waals surface area contributed by atoms with E-state index >= 15 is 0 Å². The van der Waals surface area contributed by atoms with Gasteiger partial charge in [-0.25, -0.2) is 0 Å². The lowest BCUT2D eigenvalue weighted by atomic mass is 10.4. The molecule has 0 fully saturated rings. The van der Waals surface area contributed by atoms with Crippen molar-refractivity contribution in [1.29, 1.82) is 0 Å². The fraction of sp³-hybridized carbons (Fsp3) is 0.364. The minimum Gasteiger partial charge on any atom is -1.00 e. The molecule has 0 bridgehead atoms. The van der Waals surface area contributed by atoms with Gasteiger partial charge in [0.05, 0.1) is 28.2 Å². The summed E-state index contributed by atoms with van der Waals surface area (Å²) in [5.41, 5.74) is 0. The number of benzene rings is 1. The van der Waals surface area contributed by atoms with Gasteiger partial charge >= 0.3 is 5.17 Å². The molecule has 0 spiro atoms. The molecule has 0 aliphatic rings. The standard InChI is InChI=1S/C11H16IN2S.HI/c1-13(2)11(14(3)4)15-10-7-5-6-9(12)8-10;/h5-8H,1-4H3;1H/q+1;/p-1. The van der Waals surface area contributed by atoms with Crippen LogP contribution in [0.2, 0.25) is 0 Å². The zero-order valence-electron chi connectivity index (χ0n) is 9.87. The number of thioether (sulfide) groups is 1. The first-order valence-corrected chi connectivity index (χ1v) is 6.55. The van der Waals surface area contributed by atoms with Gasteiger partial charge in [-0.3, -0.25) is 9.48 Å². The third kappa shape index (κ3) is 5.22. The van der Waals surface area contributed by atoms with Gasteiger partial charge in [0, 0.05) is 8.47 Å². The molecule has 1 aromatic carbocycles. The van der Waals surface area contributed by atoms with Crippen LogP contribution in [0.25, 0.3) is 0 Å². The fourth-order valence-electron chi connectivity index (χ4n) is 1.22. The predicted octanol–water partition coefficient (Wildman–Crippen LogP) is -0.423. The van der Waals surface area contributed by atoms with E-state index in [4.69, 9.17) is 0 Å². The Bertz CT molecular complexity index is 374. The molecule has 0 saturated heterocycles. The van der Waals surface area contributed by atoms with Gasteiger partial charge in [-0.05, 0) is 52.6 Å². The minimum absolute atomic E-state index is 0. The zero-order chi connectivity index (χ0) is 11.4. The maximum absolute atomic E-state index is 2.34. The molecular weight excluding hydrogens is 446 g/mol. The summed E-state index contributed by atoms with van der Waals surface area (Å²) < 4.78 is 3.40. The van der Waals surface area contributed by atoms with Crippen LogP contribution in [0.1, 0.15) is 0 Å². The van der Waals surface area contributed by atoms with Gasteiger partial charge in [-0.1, -0.05) is 6.07 Å². The Morgan fingerprint density at radius 2 is 1.94 bits per heavy atom. The van der Waals surface area contributed by atoms with Crippen molar-refractivity contribution in [2.24, 2.45) is 0 Å². The molecule has 0 aromatic heterocycles. The summed E-state index contributed by atoms with van der Waals surface area (Å²) in [4.78, 5) is 3.41. The topological polar surface area (TPSA) is 6.25 Å². The Kier molecular flexibility index (Phi) is 8.00. The van der Waals surface area contributed by atoms with E-state index in [0.29, 0.717) is 0 Å². The van der Waals surface area contributed by atoms with E-state index in [0.717, 1.165) is 0 Å². The number of hydrogen-bond acceptors (Lipinski definition) is 1. The van der Waals surface area contributed by atoms with E-state index in [9.17, 15) is 0 Å². The van der Waals surface area contributed by atoms with Crippen LogP contribution in [-0.4, -0.2) is 42.8 Å². The Morgan fingerprint density at radius 3 is 2.38 bits per heavy atom. The highest BCUT2D eigenvalue weighted by Gasteiger charge is 2.13. The number of amidine groups is 1. The smallest absolute Gasteiger partial charge is 0.312 e. The molecule has 0 radical (unpaired) electrons. The normalized spacial score (nSPS) is 9.31. The van der Waals surface area contributed by atoms with E-state index in [1.54, 1.807) is 11.8 Å². The second-order valence-electron chi connectivity index (χ2n) is 3.63. The second-order valence-corrected chi connectivity index (χ2v) is 5.92. The minimum atomic E-state index is 0. The van der Waals surface area contributed by atoms with Gasteiger partial charge in [0.15, 0.2) is 0 Å². The van der Waals surface area contributed by atoms with Gasteiger partial charge in [0.25, 0.3) is 0 Å². The number of rotatable bonds is 1. The molecule has 1 rings (SSSR count). The van der Waals surface area contributed by atoms with E-state index in [1.807, 2.05) is 0 Å². The maximum atomic E-state index is 2.34. The largest absolute Gasteiger partial charge is 1.00 e. The molecule has 1 aromatic rings. The lowest BCUT2D eigenvalue weighted by molar-refractivity contribution is -0.466. The van der Waals surface area contributed by atoms with Crippen LogP contribution >= 0.6 is 34.4 Å². The maximum Gasteiger partial charge on any atom is 0.312 e. The van der Waals surface area contributed by atoms with Crippen molar-refractivity contribution < 1.29 is 28.6 Å². The molecule has 0 saturated carbocycles. The highest BCUT2D eigenvalue weighted by Crippen LogP contribution is 2.21. The number of nitrogens with zero attached hydrogens (tertiary/aromatic N) is 2. The van der Waals surface area contributed by atoms with Gasteiger partial charge < -0.3 is 24.0 Å². The Balaban J connectivity index is 0.00000225. The molecule has 2 nitrogen and oxygen atoms in total. The Labute approximate surface area is 133 Å². The van der Waals surface area contributed by atoms with E-state index in [-0.39, 0.29) is 24.0 Å². The quantitative estimate of drug-likeness (QED) is 0.184. The van der Waals surface area contributed by atoms with Crippen LogP contribution in [0.3, 0.4) is 0 Å². The second kappa shape index (κ2) is 7.75. The van der Waals surface area contributed by atoms with Gasteiger partial charge in [-0.15, -0.1) is 0 Å². The van der Waals surface area contributed by atoms with Crippen molar-refractivity contribution >= 4 is 39.5 Å². The first kappa shape index (κ1) is 16.5. The van der Waals surface area contributed by atoms with Crippen molar-refractivity contribution in [3.8, 4) is 0 Å². The third-order valence-electron chi connectivity index (χ3n) is 1.77. The van der Waals surface area contributed by atoms with Crippen molar-refractivity contribution in [2.45, 2.75) is 4.90 Å². The summed E-state index contributed by atoms with van der Waals surface area (Å²) in [6, 6.07) is 8.53. The van der Waals surface area contributed by atoms with E-state index < -0.39 is 0 Å². The lowest BCUT2D eigenvalue weighted by Gasteiger charge is -2.10. The molecule has 0 aliphatic carbocycles. The van der Waals surface area contributed by atoms with Crippen LogP contribution in [0.15, 0.2) is 29.2 Å². The van der Waals surface area contributed by atoms with Crippen LogP contribution in [-0.2, 0) is 0 Å². The van der Waals surface area contributed by atoms with E-state index in [1.165, 1.54) is 13.6 Å². The molecule has 0 aliphatic heterocycles. The van der Waals surface area contributed by atoms with Crippen LogP contribution < -0.4 is 24.0 Å². The highest BCUT2D eigenvalue weighted by molar-refractivity contribution is 14.1. The third-order valence-corrected chi connectivity index (χ3v) is 3.84. The van der Waals surface area contributed by atoms with Crippen LogP contribution in [0.4, 0.5) is 0 Å². The average molecular weight is 462 g/mol. The summed E-state index contributed by atoms with van der Waals surface area (Å²) >= 11 is 4.12. The van der Waals surface area contributed by atoms with Crippen molar-refractivity contribution in [3.63, 3.8) is 0 Å². The molecule has 90 valence electrons. The SMILES string of the molecule is CN(C)C(Sc1cccc(I)c1)=[N+](C)C.[I-]. The fourth-order valence-corrected chi connectivity index (χ4v) is 2.88. The molecule has 5 heteroatoms. The van der Waals surface area contributed by atoms with Crippen molar-refractivity contribution in [2.75, 3.05) is 28.2 Å². The number of halogens is 2. The van der Waals surface area contributed by atoms with Gasteiger partial charge in [0.2, 0.25) is 0 Å². The average Bonchev–Trinajstić information content (AvgIpc) is 2.13. The number of hydrogen-bond donors (Lipinski definition) is 0. The van der Waals surface area contributed by atoms with Gasteiger partial charge in [0.1, 0.15) is 0 Å². The van der Waals surface area contributed by atoms with Gasteiger partial charge in [-0.2, -0.15) is 0 Å². The summed E-state index contributed by atoms with van der Waals surface area (Å²) in [6.45, 7) is 0. The lowest BCUT2D eigenvalue weighted by Crippen LogP contribution is -3.00. The Hall–Kier alpha value is 0.500. The first-order valence-electron chi connectivity index (χ1n) is 4.65. The predicted molar refractivity (Wildman–Crippen MR) is 75.8 cm³/mol.